The quantitative estimate of drug-likeness (QED) is 0.594. The molecule has 168 valence electrons. The van der Waals surface area contributed by atoms with Gasteiger partial charge in [-0.25, -0.2) is 4.79 Å². The Kier molecular flexibility index (Phi) is 7.52. The first-order valence-electron chi connectivity index (χ1n) is 10.2. The van der Waals surface area contributed by atoms with Crippen LogP contribution < -0.4 is 10.7 Å². The number of carbonyl (C=O) groups is 2. The maximum absolute atomic E-state index is 12.5. The van der Waals surface area contributed by atoms with Gasteiger partial charge < -0.3 is 29.6 Å². The molecule has 0 radical (unpaired) electrons. The van der Waals surface area contributed by atoms with Gasteiger partial charge in [-0.3, -0.25) is 9.59 Å². The van der Waals surface area contributed by atoms with E-state index in [-0.39, 0.29) is 37.8 Å². The summed E-state index contributed by atoms with van der Waals surface area (Å²) < 4.78 is 11.2. The van der Waals surface area contributed by atoms with Crippen LogP contribution >= 0.6 is 0 Å². The SMILES string of the molecule is Cc1cc(=O)c(O)c(C2(CC(=O)NCCCO)CCN(C(=O)OC(C)(C)C)CC2)o1. The molecular weight excluding hydrogens is 392 g/mol. The first kappa shape index (κ1) is 23.7. The van der Waals surface area contributed by atoms with Crippen molar-refractivity contribution in [3.8, 4) is 5.75 Å². The molecule has 1 aliphatic rings. The maximum Gasteiger partial charge on any atom is 0.410 e. The topological polar surface area (TPSA) is 129 Å². The Morgan fingerprint density at radius 1 is 1.30 bits per heavy atom. The second kappa shape index (κ2) is 9.51. The number of nitrogens with one attached hydrogen (secondary N) is 1. The lowest BCUT2D eigenvalue weighted by Gasteiger charge is -2.41. The zero-order valence-corrected chi connectivity index (χ0v) is 18.1. The van der Waals surface area contributed by atoms with E-state index in [9.17, 15) is 19.5 Å². The monoisotopic (exact) mass is 424 g/mol. The first-order valence-corrected chi connectivity index (χ1v) is 10.2. The molecule has 2 amide bonds. The molecule has 3 N–H and O–H groups in total. The van der Waals surface area contributed by atoms with Gasteiger partial charge in [0.05, 0.1) is 0 Å². The zero-order valence-electron chi connectivity index (χ0n) is 18.1. The second-order valence-electron chi connectivity index (χ2n) is 8.75. The van der Waals surface area contributed by atoms with E-state index in [0.29, 0.717) is 31.6 Å². The van der Waals surface area contributed by atoms with E-state index in [4.69, 9.17) is 14.3 Å². The average molecular weight is 424 g/mol. The Balaban J connectivity index is 2.28. The minimum atomic E-state index is -0.933. The molecule has 9 nitrogen and oxygen atoms in total. The van der Waals surface area contributed by atoms with Gasteiger partial charge in [0.1, 0.15) is 11.4 Å². The van der Waals surface area contributed by atoms with E-state index in [2.05, 4.69) is 5.32 Å². The Morgan fingerprint density at radius 2 is 1.93 bits per heavy atom. The molecule has 2 rings (SSSR count). The summed E-state index contributed by atoms with van der Waals surface area (Å²) in [6.07, 6.45) is 0.605. The van der Waals surface area contributed by atoms with Crippen molar-refractivity contribution in [2.75, 3.05) is 26.2 Å². The summed E-state index contributed by atoms with van der Waals surface area (Å²) in [7, 11) is 0. The number of aliphatic hydroxyl groups is 1. The molecule has 1 aliphatic heterocycles. The molecule has 1 aromatic rings. The van der Waals surface area contributed by atoms with Crippen LogP contribution in [0.1, 0.15) is 58.0 Å². The Labute approximate surface area is 176 Å². The van der Waals surface area contributed by atoms with Crippen molar-refractivity contribution in [1.29, 1.82) is 0 Å². The van der Waals surface area contributed by atoms with Crippen molar-refractivity contribution in [1.82, 2.24) is 10.2 Å². The first-order chi connectivity index (χ1) is 14.0. The lowest BCUT2D eigenvalue weighted by molar-refractivity contribution is -0.123. The number of aromatic hydroxyl groups is 1. The summed E-state index contributed by atoms with van der Waals surface area (Å²) in [5, 5.41) is 22.1. The highest BCUT2D eigenvalue weighted by molar-refractivity contribution is 5.78. The molecule has 0 atom stereocenters. The molecule has 0 aromatic carbocycles. The molecule has 30 heavy (non-hydrogen) atoms. The van der Waals surface area contributed by atoms with E-state index < -0.39 is 28.3 Å². The third-order valence-electron chi connectivity index (χ3n) is 5.06. The fraction of sp³-hybridized carbons (Fsp3) is 0.667. The largest absolute Gasteiger partial charge is 0.502 e. The zero-order chi connectivity index (χ0) is 22.5. The lowest BCUT2D eigenvalue weighted by atomic mass is 9.73. The van der Waals surface area contributed by atoms with Crippen LogP contribution in [-0.4, -0.2) is 59.0 Å². The Morgan fingerprint density at radius 3 is 2.50 bits per heavy atom. The number of rotatable bonds is 6. The highest BCUT2D eigenvalue weighted by Crippen LogP contribution is 2.42. The van der Waals surface area contributed by atoms with E-state index in [1.807, 2.05) is 0 Å². The summed E-state index contributed by atoms with van der Waals surface area (Å²) in [5.41, 5.74) is -2.12. The number of hydrogen-bond acceptors (Lipinski definition) is 7. The average Bonchev–Trinajstić information content (AvgIpc) is 2.64. The van der Waals surface area contributed by atoms with Crippen molar-refractivity contribution in [2.45, 2.75) is 64.4 Å². The van der Waals surface area contributed by atoms with E-state index >= 15 is 0 Å². The molecular formula is C21H32N2O7. The predicted molar refractivity (Wildman–Crippen MR) is 109 cm³/mol. The molecule has 9 heteroatoms. The van der Waals surface area contributed by atoms with Crippen LogP contribution in [0.2, 0.25) is 0 Å². The van der Waals surface area contributed by atoms with Crippen LogP contribution in [0.4, 0.5) is 4.79 Å². The summed E-state index contributed by atoms with van der Waals surface area (Å²) in [6.45, 7) is 7.82. The van der Waals surface area contributed by atoms with Crippen LogP contribution in [-0.2, 0) is 14.9 Å². The molecule has 0 aliphatic carbocycles. The maximum atomic E-state index is 12.5. The number of piperidine rings is 1. The van der Waals surface area contributed by atoms with Gasteiger partial charge in [0.15, 0.2) is 5.76 Å². The van der Waals surface area contributed by atoms with Gasteiger partial charge in [-0.2, -0.15) is 0 Å². The smallest absolute Gasteiger partial charge is 0.410 e. The summed E-state index contributed by atoms with van der Waals surface area (Å²) in [6, 6.07) is 1.20. The molecule has 1 saturated heterocycles. The number of aryl methyl sites for hydroxylation is 1. The molecule has 0 bridgehead atoms. The van der Waals surface area contributed by atoms with Gasteiger partial charge in [-0.05, 0) is 47.0 Å². The van der Waals surface area contributed by atoms with Crippen LogP contribution in [0, 0.1) is 6.92 Å². The second-order valence-corrected chi connectivity index (χ2v) is 8.75. The number of nitrogens with zero attached hydrogens (tertiary/aromatic N) is 1. The van der Waals surface area contributed by atoms with Crippen LogP contribution in [0.15, 0.2) is 15.3 Å². The molecule has 1 aromatic heterocycles. The Hall–Kier alpha value is -2.55. The van der Waals surface area contributed by atoms with E-state index in [1.54, 1.807) is 32.6 Å². The molecule has 0 saturated carbocycles. The summed E-state index contributed by atoms with van der Waals surface area (Å²) >= 11 is 0. The fourth-order valence-electron chi connectivity index (χ4n) is 3.57. The summed E-state index contributed by atoms with van der Waals surface area (Å²) in [4.78, 5) is 38.7. The normalized spacial score (nSPS) is 16.2. The molecule has 0 spiro atoms. The highest BCUT2D eigenvalue weighted by Gasteiger charge is 2.44. The van der Waals surface area contributed by atoms with Gasteiger partial charge in [0.25, 0.3) is 0 Å². The number of aliphatic hydroxyl groups excluding tert-OH is 1. The lowest BCUT2D eigenvalue weighted by Crippen LogP contribution is -2.48. The van der Waals surface area contributed by atoms with Gasteiger partial charge in [-0.1, -0.05) is 0 Å². The van der Waals surface area contributed by atoms with Gasteiger partial charge in [0, 0.05) is 44.1 Å². The standard InChI is InChI=1S/C21H32N2O7/c1-14-12-15(25)17(27)18(29-14)21(13-16(26)22-8-5-11-24)6-9-23(10-7-21)19(28)30-20(2,3)4/h12,24,27H,5-11,13H2,1-4H3,(H,22,26). The molecule has 2 heterocycles. The number of ether oxygens (including phenoxy) is 1. The van der Waals surface area contributed by atoms with Crippen LogP contribution in [0.25, 0.3) is 0 Å². The van der Waals surface area contributed by atoms with E-state index in [1.165, 1.54) is 6.07 Å². The molecule has 1 fully saturated rings. The van der Waals surface area contributed by atoms with Crippen molar-refractivity contribution in [3.05, 3.63) is 27.8 Å². The minimum Gasteiger partial charge on any atom is -0.502 e. The summed E-state index contributed by atoms with van der Waals surface area (Å²) in [5.74, 6) is -0.372. The number of amides is 2. The number of carbonyl (C=O) groups excluding carboxylic acids is 2. The highest BCUT2D eigenvalue weighted by atomic mass is 16.6. The third kappa shape index (κ3) is 5.98. The van der Waals surface area contributed by atoms with Gasteiger partial charge in [0.2, 0.25) is 17.1 Å². The van der Waals surface area contributed by atoms with Crippen molar-refractivity contribution in [2.24, 2.45) is 0 Å². The number of likely N-dealkylation sites (tertiary alicyclic amines) is 1. The fourth-order valence-corrected chi connectivity index (χ4v) is 3.57. The third-order valence-corrected chi connectivity index (χ3v) is 5.06. The van der Waals surface area contributed by atoms with Crippen molar-refractivity contribution in [3.63, 3.8) is 0 Å². The number of hydrogen-bond donors (Lipinski definition) is 3. The van der Waals surface area contributed by atoms with Crippen molar-refractivity contribution >= 4 is 12.0 Å². The van der Waals surface area contributed by atoms with E-state index in [0.717, 1.165) is 0 Å². The molecule has 0 unspecified atom stereocenters. The predicted octanol–water partition coefficient (Wildman–Crippen LogP) is 1.81. The Bertz CT molecular complexity index is 818. The minimum absolute atomic E-state index is 0.0134. The van der Waals surface area contributed by atoms with Crippen LogP contribution in [0.3, 0.4) is 0 Å². The van der Waals surface area contributed by atoms with Gasteiger partial charge in [-0.15, -0.1) is 0 Å². The van der Waals surface area contributed by atoms with Gasteiger partial charge >= 0.3 is 6.09 Å². The van der Waals surface area contributed by atoms with Crippen molar-refractivity contribution < 1.29 is 29.0 Å². The van der Waals surface area contributed by atoms with Crippen LogP contribution in [0.5, 0.6) is 5.75 Å².